The van der Waals surface area contributed by atoms with Crippen LogP contribution in [0.5, 0.6) is 0 Å². The number of hydrogen-bond donors (Lipinski definition) is 0. The average molecular weight is 508 g/mol. The number of amidine groups is 1. The van der Waals surface area contributed by atoms with Gasteiger partial charge in [0.15, 0.2) is 12.1 Å². The normalized spacial score (nSPS) is 23.3. The molecule has 3 heteroatoms. The first-order chi connectivity index (χ1) is 17.7. The zero-order valence-electron chi connectivity index (χ0n) is 25.3. The minimum atomic E-state index is -0.109. The molecule has 0 bridgehead atoms. The monoisotopic (exact) mass is 507 g/mol. The van der Waals surface area contributed by atoms with Gasteiger partial charge in [-0.1, -0.05) is 93.0 Å². The van der Waals surface area contributed by atoms with E-state index in [1.807, 2.05) is 0 Å². The molecule has 1 aliphatic carbocycles. The van der Waals surface area contributed by atoms with E-state index in [0.29, 0.717) is 0 Å². The lowest BCUT2D eigenvalue weighted by atomic mass is 9.66. The molecule has 2 aromatic carbocycles. The molecular weight excluding hydrogens is 462 g/mol. The van der Waals surface area contributed by atoms with Crippen LogP contribution in [0.3, 0.4) is 0 Å². The molecule has 198 valence electrons. The van der Waals surface area contributed by atoms with Crippen LogP contribution in [0.1, 0.15) is 121 Å². The molecule has 0 amide bonds. The van der Waals surface area contributed by atoms with Crippen LogP contribution in [-0.2, 0) is 21.7 Å². The molecule has 4 aliphatic rings. The first kappa shape index (κ1) is 25.5. The van der Waals surface area contributed by atoms with Crippen LogP contribution in [0, 0.1) is 6.92 Å². The van der Waals surface area contributed by atoms with Gasteiger partial charge < -0.3 is 0 Å². The lowest BCUT2D eigenvalue weighted by Crippen LogP contribution is -2.45. The highest BCUT2D eigenvalue weighted by Gasteiger charge is 2.61. The summed E-state index contributed by atoms with van der Waals surface area (Å²) in [6.07, 6.45) is 4.34. The van der Waals surface area contributed by atoms with Crippen molar-refractivity contribution in [1.29, 1.82) is 0 Å². The zero-order valence-corrected chi connectivity index (χ0v) is 25.3. The number of benzene rings is 2. The van der Waals surface area contributed by atoms with Crippen molar-refractivity contribution in [3.63, 3.8) is 0 Å². The van der Waals surface area contributed by atoms with E-state index in [1.54, 1.807) is 0 Å². The van der Waals surface area contributed by atoms with Crippen LogP contribution in [0.4, 0.5) is 17.1 Å². The van der Waals surface area contributed by atoms with Crippen LogP contribution in [-0.4, -0.2) is 27.5 Å². The number of nitrogens with zero attached hydrogens (tertiary/aromatic N) is 3. The van der Waals surface area contributed by atoms with Crippen molar-refractivity contribution < 1.29 is 9.15 Å². The second-order valence-corrected chi connectivity index (χ2v) is 14.6. The smallest absolute Gasteiger partial charge is 0.143 e. The Kier molecular flexibility index (Phi) is 5.14. The van der Waals surface area contributed by atoms with Gasteiger partial charge in [0.2, 0.25) is 0 Å². The molecule has 0 N–H and O–H groups in total. The Morgan fingerprint density at radius 3 is 2.39 bits per heavy atom. The third-order valence-corrected chi connectivity index (χ3v) is 9.94. The Balaban J connectivity index is 1.76. The van der Waals surface area contributed by atoms with E-state index in [1.165, 1.54) is 56.2 Å². The predicted molar refractivity (Wildman–Crippen MR) is 159 cm³/mol. The summed E-state index contributed by atoms with van der Waals surface area (Å²) in [5.74, 6) is 1.26. The molecule has 38 heavy (non-hydrogen) atoms. The lowest BCUT2D eigenvalue weighted by Gasteiger charge is -2.37. The van der Waals surface area contributed by atoms with E-state index in [0.717, 1.165) is 37.9 Å². The molecule has 2 aromatic rings. The van der Waals surface area contributed by atoms with Crippen LogP contribution in [0.25, 0.3) is 0 Å². The Hall–Kier alpha value is -2.77. The first-order valence-electron chi connectivity index (χ1n) is 14.7. The molecule has 3 aliphatic heterocycles. The van der Waals surface area contributed by atoms with E-state index < -0.39 is 0 Å². The molecule has 0 radical (unpaired) electrons. The highest BCUT2D eigenvalue weighted by molar-refractivity contribution is 6.05. The number of aryl methyl sites for hydroxylation is 1. The Bertz CT molecular complexity index is 1550. The van der Waals surface area contributed by atoms with Gasteiger partial charge in [-0.2, -0.15) is 0 Å². The highest BCUT2D eigenvalue weighted by atomic mass is 15.3. The minimum Gasteiger partial charge on any atom is -0.143 e. The summed E-state index contributed by atoms with van der Waals surface area (Å²) < 4.78 is 4.95. The van der Waals surface area contributed by atoms with Crippen LogP contribution in [0.15, 0.2) is 35.3 Å². The van der Waals surface area contributed by atoms with Gasteiger partial charge in [-0.15, -0.1) is 9.57 Å². The maximum Gasteiger partial charge on any atom is 0.471 e. The zero-order chi connectivity index (χ0) is 27.6. The summed E-state index contributed by atoms with van der Waals surface area (Å²) in [6, 6.07) is 10.8. The third-order valence-electron chi connectivity index (χ3n) is 9.94. The molecule has 0 saturated carbocycles. The van der Waals surface area contributed by atoms with E-state index in [4.69, 9.17) is 11.6 Å². The SMILES string of the molecule is C=C(CCC)C1(CC)C[N+]2=C3c4c1ccc(C(C)(C)C)c4N=C=[N+]3c1c2cc(C)c2c1C(C)(C)CC2(C)C. The standard InChI is InChI=1S/C35H45N3/c1-12-14-22(4)35(13-2)19-37-25-17-21(3)27-28(34(10,11)18-33(27,8)9)30(25)38-20-36-29-24(32(5,6)7)16-15-23(35)26(29)31(37)38/h15-17H,4,12-14,18-19H2,1-3,5-11H3/q+2. The first-order valence-corrected chi connectivity index (χ1v) is 14.7. The summed E-state index contributed by atoms with van der Waals surface area (Å²) in [5, 5.41) is 0. The quantitative estimate of drug-likeness (QED) is 0.291. The Labute approximate surface area is 229 Å². The van der Waals surface area contributed by atoms with Gasteiger partial charge in [0.1, 0.15) is 5.69 Å². The molecular formula is C35H45N3+2. The van der Waals surface area contributed by atoms with E-state index in [9.17, 15) is 0 Å². The van der Waals surface area contributed by atoms with Crippen molar-refractivity contribution in [2.45, 2.75) is 117 Å². The van der Waals surface area contributed by atoms with E-state index in [-0.39, 0.29) is 21.7 Å². The van der Waals surface area contributed by atoms with Crippen molar-refractivity contribution in [3.05, 3.63) is 63.7 Å². The fourth-order valence-corrected chi connectivity index (χ4v) is 8.67. The summed E-state index contributed by atoms with van der Waals surface area (Å²) in [7, 11) is 0. The average Bonchev–Trinajstić information content (AvgIpc) is 3.23. The maximum atomic E-state index is 5.17. The minimum absolute atomic E-state index is 0.00877. The van der Waals surface area contributed by atoms with Crippen molar-refractivity contribution >= 4 is 28.9 Å². The van der Waals surface area contributed by atoms with Crippen LogP contribution < -0.4 is 0 Å². The van der Waals surface area contributed by atoms with Gasteiger partial charge in [-0.3, -0.25) is 0 Å². The largest absolute Gasteiger partial charge is 0.471 e. The van der Waals surface area contributed by atoms with Gasteiger partial charge in [0.25, 0.3) is 5.69 Å². The van der Waals surface area contributed by atoms with Gasteiger partial charge in [-0.25, -0.2) is 0 Å². The third kappa shape index (κ3) is 3.06. The number of rotatable bonds is 4. The van der Waals surface area contributed by atoms with Gasteiger partial charge >= 0.3 is 17.5 Å². The Morgan fingerprint density at radius 2 is 1.76 bits per heavy atom. The summed E-state index contributed by atoms with van der Waals surface area (Å²) in [6.45, 7) is 29.2. The highest BCUT2D eigenvalue weighted by Crippen LogP contribution is 2.59. The van der Waals surface area contributed by atoms with Crippen LogP contribution in [0.2, 0.25) is 0 Å². The Morgan fingerprint density at radius 1 is 1.08 bits per heavy atom. The fraction of sp³-hybridized carbons (Fsp3) is 0.543. The van der Waals surface area contributed by atoms with Crippen molar-refractivity contribution in [3.8, 4) is 0 Å². The molecule has 0 fully saturated rings. The summed E-state index contributed by atoms with van der Waals surface area (Å²) in [4.78, 5) is 5.17. The predicted octanol–water partition coefficient (Wildman–Crippen LogP) is 8.84. The van der Waals surface area contributed by atoms with Crippen molar-refractivity contribution in [1.82, 2.24) is 0 Å². The van der Waals surface area contributed by atoms with E-state index >= 15 is 0 Å². The topological polar surface area (TPSA) is 18.4 Å². The van der Waals surface area contributed by atoms with Gasteiger partial charge in [-0.05, 0) is 69.3 Å². The van der Waals surface area contributed by atoms with Gasteiger partial charge in [0, 0.05) is 11.6 Å². The molecule has 3 heterocycles. The molecule has 0 saturated heterocycles. The lowest BCUT2D eigenvalue weighted by molar-refractivity contribution is -0.478. The molecule has 3 nitrogen and oxygen atoms in total. The van der Waals surface area contributed by atoms with Gasteiger partial charge in [0.05, 0.1) is 5.41 Å². The summed E-state index contributed by atoms with van der Waals surface area (Å²) in [5.41, 5.74) is 13.6. The van der Waals surface area contributed by atoms with Crippen molar-refractivity contribution in [2.24, 2.45) is 4.99 Å². The maximum absolute atomic E-state index is 5.17. The molecule has 0 aromatic heterocycles. The van der Waals surface area contributed by atoms with Crippen LogP contribution >= 0.6 is 0 Å². The fourth-order valence-electron chi connectivity index (χ4n) is 8.67. The number of fused-ring (bicyclic) bond motifs is 5. The summed E-state index contributed by atoms with van der Waals surface area (Å²) >= 11 is 0. The second kappa shape index (κ2) is 7.66. The number of hydrogen-bond acceptors (Lipinski definition) is 1. The molecule has 1 unspecified atom stereocenters. The van der Waals surface area contributed by atoms with Crippen molar-refractivity contribution in [2.75, 3.05) is 6.54 Å². The molecule has 6 rings (SSSR count). The molecule has 1 atom stereocenters. The molecule has 0 spiro atoms. The second-order valence-electron chi connectivity index (χ2n) is 14.6. The van der Waals surface area contributed by atoms with E-state index in [2.05, 4.69) is 103 Å². The number of aliphatic imine (C=N–C) groups is 1.